The fourth-order valence-electron chi connectivity index (χ4n) is 1.98. The van der Waals surface area contributed by atoms with Crippen LogP contribution in [0, 0.1) is 10.1 Å². The van der Waals surface area contributed by atoms with Crippen LogP contribution >= 0.6 is 0 Å². The number of benzene rings is 2. The van der Waals surface area contributed by atoms with Crippen LogP contribution in [0.1, 0.15) is 0 Å². The number of nitro groups is 1. The Hall–Kier alpha value is -3.48. The molecule has 0 heterocycles. The maximum Gasteiger partial charge on any atom is 0.272 e. The highest BCUT2D eigenvalue weighted by atomic mass is 16.6. The highest BCUT2D eigenvalue weighted by Crippen LogP contribution is 2.29. The number of amides is 2. The van der Waals surface area contributed by atoms with Gasteiger partial charge in [-0.05, 0) is 35.4 Å². The van der Waals surface area contributed by atoms with E-state index in [0.29, 0.717) is 28.9 Å². The van der Waals surface area contributed by atoms with Crippen LogP contribution in [0.3, 0.4) is 0 Å². The van der Waals surface area contributed by atoms with Gasteiger partial charge in [-0.2, -0.15) is 0 Å². The minimum atomic E-state index is -0.532. The van der Waals surface area contributed by atoms with Crippen molar-refractivity contribution in [2.45, 2.75) is 0 Å². The smallest absolute Gasteiger partial charge is 0.272 e. The summed E-state index contributed by atoms with van der Waals surface area (Å²) in [5.74, 6) is -0.457. The fraction of sp³-hybridized carbons (Fsp3) is 0. The van der Waals surface area contributed by atoms with Gasteiger partial charge in [-0.1, -0.05) is 18.7 Å². The normalized spacial score (nSPS) is 9.74. The van der Waals surface area contributed by atoms with Crippen molar-refractivity contribution < 1.29 is 14.5 Å². The van der Waals surface area contributed by atoms with Crippen LogP contribution in [0.25, 0.3) is 11.1 Å². The molecule has 7 heteroatoms. The largest absolute Gasteiger partial charge is 0.329 e. The molecule has 0 saturated heterocycles. The van der Waals surface area contributed by atoms with E-state index in [9.17, 15) is 19.7 Å². The molecule has 7 nitrogen and oxygen atoms in total. The number of nitro benzene ring substituents is 1. The summed E-state index contributed by atoms with van der Waals surface area (Å²) in [7, 11) is 0. The molecule has 2 amide bonds. The molecule has 0 aliphatic rings. The molecule has 0 aromatic heterocycles. The zero-order valence-corrected chi connectivity index (χ0v) is 12.0. The van der Waals surface area contributed by atoms with E-state index < -0.39 is 10.8 Å². The molecule has 0 radical (unpaired) electrons. The molecular weight excluding hydrogens is 298 g/mol. The van der Waals surface area contributed by atoms with Gasteiger partial charge in [0.2, 0.25) is 12.3 Å². The summed E-state index contributed by atoms with van der Waals surface area (Å²) in [6.45, 7) is 3.34. The summed E-state index contributed by atoms with van der Waals surface area (Å²) in [6, 6.07) is 11.1. The third kappa shape index (κ3) is 4.01. The zero-order valence-electron chi connectivity index (χ0n) is 12.0. The quantitative estimate of drug-likeness (QED) is 0.370. The van der Waals surface area contributed by atoms with Gasteiger partial charge in [0.15, 0.2) is 0 Å². The highest BCUT2D eigenvalue weighted by Gasteiger charge is 2.12. The Bertz CT molecular complexity index is 769. The van der Waals surface area contributed by atoms with Crippen molar-refractivity contribution in [3.05, 3.63) is 65.2 Å². The van der Waals surface area contributed by atoms with Crippen LogP contribution in [0.15, 0.2) is 55.1 Å². The molecule has 2 aromatic rings. The molecule has 2 N–H and O–H groups in total. The Kier molecular flexibility index (Phi) is 4.83. The molecular formula is C16H13N3O4. The predicted octanol–water partition coefficient (Wildman–Crippen LogP) is 2.95. The summed E-state index contributed by atoms with van der Waals surface area (Å²) in [5.41, 5.74) is 2.04. The molecule has 0 spiro atoms. The molecule has 0 aliphatic heterocycles. The first kappa shape index (κ1) is 15.9. The number of carbonyl (C=O) groups excluding carboxylic acids is 2. The second-order valence-electron chi connectivity index (χ2n) is 4.56. The topological polar surface area (TPSA) is 101 Å². The molecule has 0 unspecified atom stereocenters. The molecule has 116 valence electrons. The van der Waals surface area contributed by atoms with Gasteiger partial charge in [0.25, 0.3) is 5.69 Å². The number of non-ortho nitro benzene ring substituents is 1. The first-order chi connectivity index (χ1) is 11.0. The minimum absolute atomic E-state index is 0.142. The molecule has 0 aliphatic carbocycles. The summed E-state index contributed by atoms with van der Waals surface area (Å²) < 4.78 is 0. The Morgan fingerprint density at radius 2 is 1.78 bits per heavy atom. The van der Waals surface area contributed by atoms with E-state index in [4.69, 9.17) is 0 Å². The van der Waals surface area contributed by atoms with Gasteiger partial charge in [0.1, 0.15) is 0 Å². The monoisotopic (exact) mass is 311 g/mol. The van der Waals surface area contributed by atoms with E-state index in [-0.39, 0.29) is 5.69 Å². The molecule has 0 bridgehead atoms. The van der Waals surface area contributed by atoms with E-state index in [0.717, 1.165) is 6.08 Å². The van der Waals surface area contributed by atoms with Crippen molar-refractivity contribution in [1.82, 2.24) is 0 Å². The Morgan fingerprint density at radius 1 is 1.09 bits per heavy atom. The predicted molar refractivity (Wildman–Crippen MR) is 87.0 cm³/mol. The van der Waals surface area contributed by atoms with Crippen LogP contribution < -0.4 is 10.6 Å². The first-order valence-electron chi connectivity index (χ1n) is 6.57. The number of anilines is 2. The van der Waals surface area contributed by atoms with Crippen LogP contribution in [0.5, 0.6) is 0 Å². The van der Waals surface area contributed by atoms with Crippen LogP contribution in [0.4, 0.5) is 17.1 Å². The fourth-order valence-corrected chi connectivity index (χ4v) is 1.98. The van der Waals surface area contributed by atoms with Gasteiger partial charge in [0.05, 0.1) is 4.92 Å². The average molecular weight is 311 g/mol. The summed E-state index contributed by atoms with van der Waals surface area (Å²) in [6.07, 6.45) is 1.64. The molecule has 0 saturated carbocycles. The standard InChI is InChI=1S/C16H13N3O4/c1-2-16(21)18-14-7-12(8-15(9-14)19(22)23)11-3-5-13(6-4-11)17-10-20/h2-10H,1H2,(H,17,20)(H,18,21). The lowest BCUT2D eigenvalue weighted by Crippen LogP contribution is -2.07. The molecule has 2 aromatic carbocycles. The Balaban J connectivity index is 2.43. The third-order valence-corrected chi connectivity index (χ3v) is 3.03. The third-order valence-electron chi connectivity index (χ3n) is 3.03. The SMILES string of the molecule is C=CC(=O)Nc1cc(-c2ccc(NC=O)cc2)cc([N+](=O)[O-])c1. The van der Waals surface area contributed by atoms with Crippen LogP contribution in [-0.4, -0.2) is 17.2 Å². The van der Waals surface area contributed by atoms with E-state index in [1.165, 1.54) is 12.1 Å². The van der Waals surface area contributed by atoms with Gasteiger partial charge in [-0.15, -0.1) is 0 Å². The average Bonchev–Trinajstić information content (AvgIpc) is 2.55. The van der Waals surface area contributed by atoms with Crippen molar-refractivity contribution in [3.8, 4) is 11.1 Å². The zero-order chi connectivity index (χ0) is 16.8. The lowest BCUT2D eigenvalue weighted by atomic mass is 10.0. The van der Waals surface area contributed by atoms with Crippen molar-refractivity contribution in [1.29, 1.82) is 0 Å². The molecule has 0 fully saturated rings. The summed E-state index contributed by atoms with van der Waals surface area (Å²) in [4.78, 5) is 32.3. The number of hydrogen-bond donors (Lipinski definition) is 2. The van der Waals surface area contributed by atoms with E-state index >= 15 is 0 Å². The van der Waals surface area contributed by atoms with Gasteiger partial charge >= 0.3 is 0 Å². The van der Waals surface area contributed by atoms with Crippen LogP contribution in [0.2, 0.25) is 0 Å². The molecule has 0 atom stereocenters. The number of nitrogens with one attached hydrogen (secondary N) is 2. The lowest BCUT2D eigenvalue weighted by Gasteiger charge is -2.08. The number of carbonyl (C=O) groups is 2. The van der Waals surface area contributed by atoms with Crippen molar-refractivity contribution in [2.75, 3.05) is 10.6 Å². The van der Waals surface area contributed by atoms with E-state index in [1.54, 1.807) is 30.3 Å². The Morgan fingerprint density at radius 3 is 2.35 bits per heavy atom. The second kappa shape index (κ2) is 6.99. The minimum Gasteiger partial charge on any atom is -0.329 e. The number of nitrogens with zero attached hydrogens (tertiary/aromatic N) is 1. The van der Waals surface area contributed by atoms with E-state index in [1.807, 2.05) is 0 Å². The van der Waals surface area contributed by atoms with Gasteiger partial charge in [-0.25, -0.2) is 0 Å². The molecule has 2 rings (SSSR count). The van der Waals surface area contributed by atoms with Crippen molar-refractivity contribution >= 4 is 29.4 Å². The maximum absolute atomic E-state index is 11.4. The van der Waals surface area contributed by atoms with Crippen LogP contribution in [-0.2, 0) is 9.59 Å². The molecule has 23 heavy (non-hydrogen) atoms. The van der Waals surface area contributed by atoms with Gasteiger partial charge < -0.3 is 10.6 Å². The summed E-state index contributed by atoms with van der Waals surface area (Å²) >= 11 is 0. The maximum atomic E-state index is 11.4. The van der Waals surface area contributed by atoms with Gasteiger partial charge in [0, 0.05) is 23.5 Å². The number of hydrogen-bond acceptors (Lipinski definition) is 4. The number of rotatable bonds is 6. The van der Waals surface area contributed by atoms with Crippen molar-refractivity contribution in [3.63, 3.8) is 0 Å². The lowest BCUT2D eigenvalue weighted by molar-refractivity contribution is -0.384. The Labute approximate surface area is 131 Å². The highest BCUT2D eigenvalue weighted by molar-refractivity contribution is 5.99. The van der Waals surface area contributed by atoms with E-state index in [2.05, 4.69) is 17.2 Å². The summed E-state index contributed by atoms with van der Waals surface area (Å²) in [5, 5.41) is 16.1. The second-order valence-corrected chi connectivity index (χ2v) is 4.56. The van der Waals surface area contributed by atoms with Gasteiger partial charge in [-0.3, -0.25) is 19.7 Å². The van der Waals surface area contributed by atoms with Crippen molar-refractivity contribution in [2.24, 2.45) is 0 Å². The first-order valence-corrected chi connectivity index (χ1v) is 6.57.